The number of nitrogens with zero attached hydrogens (tertiary/aromatic N) is 1. The van der Waals surface area contributed by atoms with E-state index in [1.165, 1.54) is 12.1 Å². The van der Waals surface area contributed by atoms with E-state index in [9.17, 15) is 9.18 Å². The van der Waals surface area contributed by atoms with Crippen LogP contribution in [0.4, 0.5) is 10.1 Å². The Hall–Kier alpha value is -2.67. The van der Waals surface area contributed by atoms with Crippen molar-refractivity contribution in [3.05, 3.63) is 65.0 Å². The summed E-state index contributed by atoms with van der Waals surface area (Å²) in [7, 11) is 0. The van der Waals surface area contributed by atoms with Crippen molar-refractivity contribution < 1.29 is 9.18 Å². The maximum Gasteiger partial charge on any atom is 0.255 e. The van der Waals surface area contributed by atoms with Crippen molar-refractivity contribution in [2.24, 2.45) is 0 Å². The molecule has 0 atom stereocenters. The average Bonchev–Trinajstić information content (AvgIpc) is 2.37. The zero-order chi connectivity index (χ0) is 13.8. The number of rotatable bonds is 2. The van der Waals surface area contributed by atoms with Gasteiger partial charge in [0.25, 0.3) is 5.91 Å². The molecule has 0 aliphatic rings. The maximum atomic E-state index is 13.2. The lowest BCUT2D eigenvalue weighted by molar-refractivity contribution is 0.102. The number of anilines is 1. The number of halogens is 1. The molecular formula is C15H11FN2O. The van der Waals surface area contributed by atoms with E-state index in [0.717, 1.165) is 5.56 Å². The second kappa shape index (κ2) is 5.32. The van der Waals surface area contributed by atoms with Crippen LogP contribution in [-0.4, -0.2) is 5.91 Å². The van der Waals surface area contributed by atoms with Crippen molar-refractivity contribution in [1.29, 1.82) is 5.26 Å². The molecule has 1 N–H and O–H groups in total. The third-order valence-corrected chi connectivity index (χ3v) is 2.58. The Morgan fingerprint density at radius 3 is 2.47 bits per heavy atom. The van der Waals surface area contributed by atoms with Gasteiger partial charge >= 0.3 is 0 Å². The van der Waals surface area contributed by atoms with Gasteiger partial charge in [0.1, 0.15) is 5.82 Å². The molecule has 0 heterocycles. The fourth-order valence-electron chi connectivity index (χ4n) is 1.71. The highest BCUT2D eigenvalue weighted by Crippen LogP contribution is 2.14. The summed E-state index contributed by atoms with van der Waals surface area (Å²) in [6.45, 7) is 1.75. The van der Waals surface area contributed by atoms with Crippen LogP contribution in [0.5, 0.6) is 0 Å². The van der Waals surface area contributed by atoms with E-state index in [-0.39, 0.29) is 5.91 Å². The molecule has 0 aliphatic carbocycles. The predicted molar refractivity (Wildman–Crippen MR) is 70.2 cm³/mol. The molecule has 19 heavy (non-hydrogen) atoms. The molecule has 0 bridgehead atoms. The fraction of sp³-hybridized carbons (Fsp3) is 0.0667. The Morgan fingerprint density at radius 1 is 1.21 bits per heavy atom. The van der Waals surface area contributed by atoms with Gasteiger partial charge in [-0.3, -0.25) is 4.79 Å². The molecule has 2 rings (SSSR count). The van der Waals surface area contributed by atoms with Crippen LogP contribution in [-0.2, 0) is 0 Å². The normalized spacial score (nSPS) is 9.74. The summed E-state index contributed by atoms with van der Waals surface area (Å²) in [6, 6.07) is 12.5. The number of benzene rings is 2. The van der Waals surface area contributed by atoms with Gasteiger partial charge in [-0.25, -0.2) is 4.39 Å². The molecule has 0 fully saturated rings. The lowest BCUT2D eigenvalue weighted by Gasteiger charge is -2.06. The van der Waals surface area contributed by atoms with Crippen LogP contribution >= 0.6 is 0 Å². The van der Waals surface area contributed by atoms with E-state index < -0.39 is 5.82 Å². The zero-order valence-corrected chi connectivity index (χ0v) is 10.3. The van der Waals surface area contributed by atoms with Crippen LogP contribution in [0.25, 0.3) is 0 Å². The molecule has 1 amide bonds. The van der Waals surface area contributed by atoms with Crippen molar-refractivity contribution in [3.8, 4) is 6.07 Å². The van der Waals surface area contributed by atoms with Gasteiger partial charge in [0.2, 0.25) is 0 Å². The number of nitriles is 1. The Bertz CT molecular complexity index is 637. The first kappa shape index (κ1) is 12.8. The predicted octanol–water partition coefficient (Wildman–Crippen LogP) is 3.26. The minimum atomic E-state index is -0.393. The Labute approximate surface area is 110 Å². The Balaban J connectivity index is 2.18. The van der Waals surface area contributed by atoms with Crippen LogP contribution in [0.1, 0.15) is 21.5 Å². The number of nitrogens with one attached hydrogen (secondary N) is 1. The number of hydrogen-bond acceptors (Lipinski definition) is 2. The first-order chi connectivity index (χ1) is 9.08. The van der Waals surface area contributed by atoms with Crippen LogP contribution in [0.2, 0.25) is 0 Å². The highest BCUT2D eigenvalue weighted by atomic mass is 19.1. The monoisotopic (exact) mass is 254 g/mol. The number of aryl methyl sites for hydroxylation is 1. The quantitative estimate of drug-likeness (QED) is 0.894. The van der Waals surface area contributed by atoms with E-state index in [1.54, 1.807) is 37.3 Å². The van der Waals surface area contributed by atoms with E-state index in [4.69, 9.17) is 5.26 Å². The van der Waals surface area contributed by atoms with E-state index >= 15 is 0 Å². The van der Waals surface area contributed by atoms with Crippen molar-refractivity contribution in [2.45, 2.75) is 6.92 Å². The number of carbonyl (C=O) groups excluding carboxylic acids is 1. The van der Waals surface area contributed by atoms with Crippen molar-refractivity contribution in [1.82, 2.24) is 0 Å². The molecule has 0 unspecified atom stereocenters. The third-order valence-electron chi connectivity index (χ3n) is 2.58. The second-order valence-electron chi connectivity index (χ2n) is 4.16. The van der Waals surface area contributed by atoms with Gasteiger partial charge in [-0.1, -0.05) is 0 Å². The van der Waals surface area contributed by atoms with E-state index in [1.807, 2.05) is 6.07 Å². The molecule has 0 aliphatic heterocycles. The largest absolute Gasteiger partial charge is 0.322 e. The first-order valence-corrected chi connectivity index (χ1v) is 5.67. The Morgan fingerprint density at radius 2 is 1.89 bits per heavy atom. The Kier molecular flexibility index (Phi) is 3.58. The summed E-state index contributed by atoms with van der Waals surface area (Å²) < 4.78 is 13.2. The lowest BCUT2D eigenvalue weighted by atomic mass is 10.1. The molecule has 94 valence electrons. The number of carbonyl (C=O) groups is 1. The molecule has 3 nitrogen and oxygen atoms in total. The van der Waals surface area contributed by atoms with Gasteiger partial charge < -0.3 is 5.32 Å². The summed E-state index contributed by atoms with van der Waals surface area (Å²) >= 11 is 0. The summed E-state index contributed by atoms with van der Waals surface area (Å²) in [5.41, 5.74) is 2.04. The van der Waals surface area contributed by atoms with Gasteiger partial charge in [0.05, 0.1) is 11.6 Å². The minimum Gasteiger partial charge on any atom is -0.322 e. The van der Waals surface area contributed by atoms with Gasteiger partial charge in [0, 0.05) is 11.3 Å². The minimum absolute atomic E-state index is 0.338. The molecule has 0 spiro atoms. The maximum absolute atomic E-state index is 13.2. The van der Waals surface area contributed by atoms with Crippen LogP contribution in [0, 0.1) is 24.1 Å². The van der Waals surface area contributed by atoms with Gasteiger partial charge in [-0.2, -0.15) is 5.26 Å². The van der Waals surface area contributed by atoms with Gasteiger partial charge in [-0.15, -0.1) is 0 Å². The number of hydrogen-bond donors (Lipinski definition) is 1. The zero-order valence-electron chi connectivity index (χ0n) is 10.3. The molecule has 0 aromatic heterocycles. The highest BCUT2D eigenvalue weighted by molar-refractivity contribution is 6.04. The third kappa shape index (κ3) is 3.17. The topological polar surface area (TPSA) is 52.9 Å². The van der Waals surface area contributed by atoms with Gasteiger partial charge in [-0.05, 0) is 55.0 Å². The molecule has 2 aromatic carbocycles. The van der Waals surface area contributed by atoms with Crippen LogP contribution in [0.3, 0.4) is 0 Å². The molecule has 0 saturated heterocycles. The number of amides is 1. The van der Waals surface area contributed by atoms with E-state index in [2.05, 4.69) is 5.32 Å². The summed E-state index contributed by atoms with van der Waals surface area (Å²) in [4.78, 5) is 11.9. The fourth-order valence-corrected chi connectivity index (χ4v) is 1.71. The molecule has 0 saturated carbocycles. The standard InChI is InChI=1S/C15H11FN2O/c1-10-6-13(16)8-14(7-10)18-15(19)12-4-2-11(9-17)3-5-12/h2-8H,1H3,(H,18,19). The molecule has 0 radical (unpaired) electrons. The van der Waals surface area contributed by atoms with E-state index in [0.29, 0.717) is 16.8 Å². The second-order valence-corrected chi connectivity index (χ2v) is 4.16. The summed E-state index contributed by atoms with van der Waals surface area (Å²) in [5.74, 6) is -0.732. The highest BCUT2D eigenvalue weighted by Gasteiger charge is 2.07. The van der Waals surface area contributed by atoms with Crippen LogP contribution in [0.15, 0.2) is 42.5 Å². The summed E-state index contributed by atoms with van der Waals surface area (Å²) in [5, 5.41) is 11.3. The SMILES string of the molecule is Cc1cc(F)cc(NC(=O)c2ccc(C#N)cc2)c1. The summed E-state index contributed by atoms with van der Waals surface area (Å²) in [6.07, 6.45) is 0. The molecular weight excluding hydrogens is 243 g/mol. The average molecular weight is 254 g/mol. The molecule has 4 heteroatoms. The van der Waals surface area contributed by atoms with Crippen molar-refractivity contribution in [3.63, 3.8) is 0 Å². The lowest BCUT2D eigenvalue weighted by Crippen LogP contribution is -2.12. The van der Waals surface area contributed by atoms with Crippen molar-refractivity contribution in [2.75, 3.05) is 5.32 Å². The smallest absolute Gasteiger partial charge is 0.255 e. The molecule has 2 aromatic rings. The first-order valence-electron chi connectivity index (χ1n) is 5.67. The van der Waals surface area contributed by atoms with Crippen molar-refractivity contribution >= 4 is 11.6 Å². The van der Waals surface area contributed by atoms with Crippen LogP contribution < -0.4 is 5.32 Å². The van der Waals surface area contributed by atoms with Gasteiger partial charge in [0.15, 0.2) is 0 Å².